The average molecular weight is 332 g/mol. The van der Waals surface area contributed by atoms with Crippen molar-refractivity contribution in [3.8, 4) is 6.07 Å². The molecule has 0 aromatic heterocycles. The molecule has 2 nitrogen and oxygen atoms in total. The molecule has 2 aromatic rings. The maximum Gasteiger partial charge on any atom is 0.141 e. The van der Waals surface area contributed by atoms with Gasteiger partial charge in [0, 0.05) is 18.6 Å². The molecule has 2 aromatic carbocycles. The van der Waals surface area contributed by atoms with E-state index in [9.17, 15) is 9.65 Å². The fourth-order valence-electron chi connectivity index (χ4n) is 4.26. The van der Waals surface area contributed by atoms with Gasteiger partial charge in [0.25, 0.3) is 0 Å². The van der Waals surface area contributed by atoms with Crippen molar-refractivity contribution in [1.82, 2.24) is 4.90 Å². The van der Waals surface area contributed by atoms with Gasteiger partial charge in [-0.3, -0.25) is 4.90 Å². The minimum Gasteiger partial charge on any atom is -0.289 e. The molecule has 0 saturated carbocycles. The van der Waals surface area contributed by atoms with E-state index in [2.05, 4.69) is 35.2 Å². The molecular weight excluding hydrogens is 311 g/mol. The first-order chi connectivity index (χ1) is 12.3. The van der Waals surface area contributed by atoms with Crippen LogP contribution in [0.5, 0.6) is 0 Å². The van der Waals surface area contributed by atoms with Crippen LogP contribution in [0.1, 0.15) is 42.4 Å². The second kappa shape index (κ2) is 6.82. The molecule has 0 N–H and O–H groups in total. The van der Waals surface area contributed by atoms with E-state index in [0.717, 1.165) is 36.9 Å². The highest BCUT2D eigenvalue weighted by molar-refractivity contribution is 5.72. The summed E-state index contributed by atoms with van der Waals surface area (Å²) in [6.07, 6.45) is 6.69. The summed E-state index contributed by atoms with van der Waals surface area (Å²) in [5.41, 5.74) is 3.43. The topological polar surface area (TPSA) is 27.0 Å². The van der Waals surface area contributed by atoms with Crippen molar-refractivity contribution < 1.29 is 4.39 Å². The Labute approximate surface area is 148 Å². The van der Waals surface area contributed by atoms with Gasteiger partial charge in [0.2, 0.25) is 0 Å². The molecule has 0 spiro atoms. The van der Waals surface area contributed by atoms with Gasteiger partial charge in [-0.05, 0) is 42.0 Å². The van der Waals surface area contributed by atoms with E-state index in [1.807, 2.05) is 18.2 Å². The van der Waals surface area contributed by atoms with Crippen molar-refractivity contribution in [2.45, 2.75) is 44.3 Å². The fourth-order valence-corrected chi connectivity index (χ4v) is 4.26. The number of nitrogens with zero attached hydrogens (tertiary/aromatic N) is 2. The molecule has 2 aliphatic heterocycles. The van der Waals surface area contributed by atoms with E-state index in [1.54, 1.807) is 6.07 Å². The van der Waals surface area contributed by atoms with Gasteiger partial charge in [0.15, 0.2) is 0 Å². The van der Waals surface area contributed by atoms with Crippen LogP contribution in [0.25, 0.3) is 5.57 Å². The van der Waals surface area contributed by atoms with Gasteiger partial charge in [-0.2, -0.15) is 5.26 Å². The molecule has 2 atom stereocenters. The molecule has 0 radical (unpaired) electrons. The van der Waals surface area contributed by atoms with Crippen molar-refractivity contribution >= 4 is 5.57 Å². The molecule has 0 amide bonds. The quantitative estimate of drug-likeness (QED) is 0.799. The number of benzene rings is 2. The zero-order chi connectivity index (χ0) is 17.2. The van der Waals surface area contributed by atoms with Crippen molar-refractivity contribution in [1.29, 1.82) is 5.26 Å². The summed E-state index contributed by atoms with van der Waals surface area (Å²) in [5.74, 6) is -0.419. The highest BCUT2D eigenvalue weighted by atomic mass is 19.1. The number of rotatable bonds is 3. The molecule has 1 fully saturated rings. The lowest BCUT2D eigenvalue weighted by atomic mass is 9.81. The van der Waals surface area contributed by atoms with Crippen LogP contribution < -0.4 is 0 Å². The Morgan fingerprint density at radius 3 is 2.68 bits per heavy atom. The monoisotopic (exact) mass is 332 g/mol. The van der Waals surface area contributed by atoms with E-state index in [1.165, 1.54) is 18.1 Å². The van der Waals surface area contributed by atoms with Gasteiger partial charge in [0.05, 0.1) is 5.56 Å². The average Bonchev–Trinajstić information content (AvgIpc) is 2.62. The number of piperidine rings is 1. The molecule has 3 heteroatoms. The van der Waals surface area contributed by atoms with Crippen molar-refractivity contribution in [3.63, 3.8) is 0 Å². The number of hydrogen-bond acceptors (Lipinski definition) is 2. The number of nitriles is 1. The van der Waals surface area contributed by atoms with Crippen LogP contribution in [0.2, 0.25) is 0 Å². The normalized spacial score (nSPS) is 23.0. The van der Waals surface area contributed by atoms with Crippen LogP contribution >= 0.6 is 0 Å². The molecule has 2 aliphatic rings. The van der Waals surface area contributed by atoms with Crippen molar-refractivity contribution in [2.24, 2.45) is 0 Å². The van der Waals surface area contributed by atoms with Gasteiger partial charge in [-0.15, -0.1) is 0 Å². The predicted octanol–water partition coefficient (Wildman–Crippen LogP) is 4.91. The van der Waals surface area contributed by atoms with Gasteiger partial charge in [-0.25, -0.2) is 4.39 Å². The van der Waals surface area contributed by atoms with Crippen LogP contribution in [0, 0.1) is 17.1 Å². The molecule has 2 unspecified atom stereocenters. The standard InChI is InChI=1S/C22H21FN2/c23-22-11-5-10-20(21(22)14-24)17-12-18-8-4-9-19(13-17)25(18)15-16-6-2-1-3-7-16/h1-3,5-7,10-12,18-19H,4,8-9,13,15H2. The van der Waals surface area contributed by atoms with E-state index in [-0.39, 0.29) is 5.56 Å². The first-order valence-electron chi connectivity index (χ1n) is 8.95. The minimum atomic E-state index is -0.419. The molecule has 0 aliphatic carbocycles. The molecule has 1 saturated heterocycles. The Kier molecular flexibility index (Phi) is 4.38. The molecule has 2 bridgehead atoms. The largest absolute Gasteiger partial charge is 0.289 e. The summed E-state index contributed by atoms with van der Waals surface area (Å²) in [4.78, 5) is 2.58. The zero-order valence-corrected chi connectivity index (χ0v) is 14.2. The van der Waals surface area contributed by atoms with Crippen LogP contribution in [0.15, 0.2) is 54.6 Å². The van der Waals surface area contributed by atoms with E-state index < -0.39 is 5.82 Å². The maximum absolute atomic E-state index is 14.0. The molecule has 25 heavy (non-hydrogen) atoms. The highest BCUT2D eigenvalue weighted by Crippen LogP contribution is 2.39. The Morgan fingerprint density at radius 2 is 1.92 bits per heavy atom. The predicted molar refractivity (Wildman–Crippen MR) is 97.1 cm³/mol. The van der Waals surface area contributed by atoms with Crippen LogP contribution in [-0.4, -0.2) is 17.0 Å². The van der Waals surface area contributed by atoms with Crippen LogP contribution in [-0.2, 0) is 6.54 Å². The van der Waals surface area contributed by atoms with Crippen LogP contribution in [0.3, 0.4) is 0 Å². The Bertz CT molecular complexity index is 835. The Balaban J connectivity index is 1.66. The molecular formula is C22H21FN2. The Morgan fingerprint density at radius 1 is 1.08 bits per heavy atom. The summed E-state index contributed by atoms with van der Waals surface area (Å²) in [7, 11) is 0. The van der Waals surface area contributed by atoms with E-state index >= 15 is 0 Å². The fraction of sp³-hybridized carbons (Fsp3) is 0.318. The van der Waals surface area contributed by atoms with E-state index in [4.69, 9.17) is 0 Å². The summed E-state index contributed by atoms with van der Waals surface area (Å²) in [5, 5.41) is 9.35. The third-order valence-corrected chi connectivity index (χ3v) is 5.46. The summed E-state index contributed by atoms with van der Waals surface area (Å²) >= 11 is 0. The maximum atomic E-state index is 14.0. The summed E-state index contributed by atoms with van der Waals surface area (Å²) in [6.45, 7) is 0.953. The van der Waals surface area contributed by atoms with Gasteiger partial charge in [0.1, 0.15) is 11.9 Å². The number of halogens is 1. The first-order valence-corrected chi connectivity index (χ1v) is 8.95. The SMILES string of the molecule is N#Cc1c(F)cccc1C1=CC2CCCC(C1)N2Cc1ccccc1. The van der Waals surface area contributed by atoms with Gasteiger partial charge in [-0.1, -0.05) is 55.0 Å². The summed E-state index contributed by atoms with van der Waals surface area (Å²) in [6, 6.07) is 18.4. The number of hydrogen-bond donors (Lipinski definition) is 0. The first kappa shape index (κ1) is 16.1. The third kappa shape index (κ3) is 3.10. The molecule has 2 heterocycles. The third-order valence-electron chi connectivity index (χ3n) is 5.46. The zero-order valence-electron chi connectivity index (χ0n) is 14.2. The van der Waals surface area contributed by atoms with E-state index in [0.29, 0.717) is 12.1 Å². The highest BCUT2D eigenvalue weighted by Gasteiger charge is 2.34. The molecule has 4 rings (SSSR count). The summed E-state index contributed by atoms with van der Waals surface area (Å²) < 4.78 is 14.0. The smallest absolute Gasteiger partial charge is 0.141 e. The lowest BCUT2D eigenvalue weighted by molar-refractivity contribution is 0.0951. The minimum absolute atomic E-state index is 0.184. The van der Waals surface area contributed by atoms with Crippen molar-refractivity contribution in [3.05, 3.63) is 77.1 Å². The van der Waals surface area contributed by atoms with Gasteiger partial charge >= 0.3 is 0 Å². The second-order valence-corrected chi connectivity index (χ2v) is 6.98. The second-order valence-electron chi connectivity index (χ2n) is 6.98. The van der Waals surface area contributed by atoms with Crippen LogP contribution in [0.4, 0.5) is 4.39 Å². The van der Waals surface area contributed by atoms with Crippen molar-refractivity contribution in [2.75, 3.05) is 0 Å². The van der Waals surface area contributed by atoms with Gasteiger partial charge < -0.3 is 0 Å². The lowest BCUT2D eigenvalue weighted by Crippen LogP contribution is -2.47. The molecule has 126 valence electrons. The Hall–Kier alpha value is -2.44. The lowest BCUT2D eigenvalue weighted by Gasteiger charge is -2.45. The number of fused-ring (bicyclic) bond motifs is 2.